The van der Waals surface area contributed by atoms with Gasteiger partial charge in [-0.3, -0.25) is 9.89 Å². The molecule has 244 valence electrons. The molecule has 2 amide bonds. The maximum Gasteiger partial charge on any atom is 0.326 e. The van der Waals surface area contributed by atoms with E-state index in [0.717, 1.165) is 48.4 Å². The monoisotopic (exact) mass is 660 g/mol. The van der Waals surface area contributed by atoms with Gasteiger partial charge in [0.1, 0.15) is 17.6 Å². The Morgan fingerprint density at radius 3 is 2.04 bits per heavy atom. The zero-order valence-electron chi connectivity index (χ0n) is 27.5. The van der Waals surface area contributed by atoms with E-state index in [1.54, 1.807) is 0 Å². The van der Waals surface area contributed by atoms with Crippen molar-refractivity contribution in [2.24, 2.45) is 4.99 Å². The highest BCUT2D eigenvalue weighted by molar-refractivity contribution is 6.30. The highest BCUT2D eigenvalue weighted by atomic mass is 35.5. The quantitative estimate of drug-likeness (QED) is 0.265. The average Bonchev–Trinajstić information content (AvgIpc) is 3.45. The summed E-state index contributed by atoms with van der Waals surface area (Å²) >= 11 is 12.7. The van der Waals surface area contributed by atoms with Crippen molar-refractivity contribution < 1.29 is 9.53 Å². The molecule has 46 heavy (non-hydrogen) atoms. The maximum absolute atomic E-state index is 14.9. The summed E-state index contributed by atoms with van der Waals surface area (Å²) in [6.07, 6.45) is 5.85. The third kappa shape index (κ3) is 6.95. The Morgan fingerprint density at radius 2 is 1.46 bits per heavy atom. The molecule has 0 bridgehead atoms. The number of urea groups is 1. The molecule has 6 nitrogen and oxygen atoms in total. The summed E-state index contributed by atoms with van der Waals surface area (Å²) in [6, 6.07) is 21.8. The molecule has 2 saturated heterocycles. The van der Waals surface area contributed by atoms with Crippen LogP contribution in [-0.2, 0) is 5.41 Å². The van der Waals surface area contributed by atoms with Crippen molar-refractivity contribution in [3.63, 3.8) is 0 Å². The summed E-state index contributed by atoms with van der Waals surface area (Å²) in [5, 5.41) is 1.31. The van der Waals surface area contributed by atoms with Crippen LogP contribution in [0, 0.1) is 0 Å². The number of piperidine rings is 2. The normalized spacial score (nSPS) is 21.4. The van der Waals surface area contributed by atoms with Gasteiger partial charge in [0.25, 0.3) is 0 Å². The van der Waals surface area contributed by atoms with Gasteiger partial charge in [0.05, 0.1) is 18.2 Å². The highest BCUT2D eigenvalue weighted by Gasteiger charge is 2.45. The third-order valence-corrected chi connectivity index (χ3v) is 10.2. The average molecular weight is 662 g/mol. The molecule has 3 heterocycles. The lowest BCUT2D eigenvalue weighted by molar-refractivity contribution is 0.0927. The first-order valence-corrected chi connectivity index (χ1v) is 17.6. The van der Waals surface area contributed by atoms with Crippen LogP contribution in [0.15, 0.2) is 71.7 Å². The van der Waals surface area contributed by atoms with Gasteiger partial charge in [0, 0.05) is 29.2 Å². The van der Waals surface area contributed by atoms with E-state index in [0.29, 0.717) is 28.5 Å². The number of benzene rings is 3. The summed E-state index contributed by atoms with van der Waals surface area (Å²) in [6.45, 7) is 12.9. The topological polar surface area (TPSA) is 48.4 Å². The van der Waals surface area contributed by atoms with E-state index in [2.05, 4.69) is 43.9 Å². The van der Waals surface area contributed by atoms with Crippen LogP contribution in [0.1, 0.15) is 94.1 Å². The standard InChI is InChI=1S/C38H46Cl2N4O2/c1-5-46-33-25-28(38(2,3)4)13-18-32(33)36-41-34(26-9-14-29(39)15-10-26)35(27-11-16-30(40)17-12-27)44(36)37(45)43-23-19-31(20-24-43)42-21-7-6-8-22-42/h9-18,25,31,34-35H,5-8,19-24H2,1-4H3. The molecule has 3 aromatic carbocycles. The number of hydrogen-bond acceptors (Lipinski definition) is 4. The molecule has 2 atom stereocenters. The summed E-state index contributed by atoms with van der Waals surface area (Å²) in [4.78, 5) is 26.9. The van der Waals surface area contributed by atoms with Gasteiger partial charge in [-0.1, -0.05) is 80.7 Å². The van der Waals surface area contributed by atoms with E-state index in [4.69, 9.17) is 32.9 Å². The second-order valence-corrected chi connectivity index (χ2v) is 14.7. The van der Waals surface area contributed by atoms with Crippen LogP contribution in [0.2, 0.25) is 10.0 Å². The Labute approximate surface area is 284 Å². The number of amides is 2. The number of amidine groups is 1. The summed E-state index contributed by atoms with van der Waals surface area (Å²) in [5.41, 5.74) is 3.89. The minimum atomic E-state index is -0.377. The molecule has 0 aromatic heterocycles. The Balaban J connectivity index is 1.43. The van der Waals surface area contributed by atoms with Crippen molar-refractivity contribution >= 4 is 35.1 Å². The second kappa shape index (κ2) is 14.0. The number of halogens is 2. The number of hydrogen-bond donors (Lipinski definition) is 0. The number of carbonyl (C=O) groups excluding carboxylic acids is 1. The van der Waals surface area contributed by atoms with Crippen molar-refractivity contribution in [2.75, 3.05) is 32.8 Å². The predicted molar refractivity (Wildman–Crippen MR) is 188 cm³/mol. The van der Waals surface area contributed by atoms with E-state index in [1.165, 1.54) is 37.9 Å². The van der Waals surface area contributed by atoms with Crippen molar-refractivity contribution in [3.8, 4) is 5.75 Å². The van der Waals surface area contributed by atoms with Crippen LogP contribution < -0.4 is 4.74 Å². The van der Waals surface area contributed by atoms with Gasteiger partial charge in [-0.15, -0.1) is 0 Å². The van der Waals surface area contributed by atoms with Gasteiger partial charge in [-0.25, -0.2) is 4.79 Å². The van der Waals surface area contributed by atoms with Gasteiger partial charge in [-0.05, 0) is 104 Å². The maximum atomic E-state index is 14.9. The van der Waals surface area contributed by atoms with Crippen LogP contribution in [-0.4, -0.2) is 65.4 Å². The summed E-state index contributed by atoms with van der Waals surface area (Å²) < 4.78 is 6.28. The number of ether oxygens (including phenoxy) is 1. The van der Waals surface area contributed by atoms with Gasteiger partial charge >= 0.3 is 6.03 Å². The Bertz CT molecular complexity index is 1540. The molecular formula is C38H46Cl2N4O2. The van der Waals surface area contributed by atoms with Crippen LogP contribution >= 0.6 is 23.2 Å². The largest absolute Gasteiger partial charge is 0.493 e. The number of likely N-dealkylation sites (tertiary alicyclic amines) is 2. The zero-order valence-corrected chi connectivity index (χ0v) is 29.0. The molecule has 0 saturated carbocycles. The first-order valence-electron chi connectivity index (χ1n) is 16.8. The lowest BCUT2D eigenvalue weighted by Crippen LogP contribution is -2.52. The van der Waals surface area contributed by atoms with Crippen LogP contribution in [0.5, 0.6) is 5.75 Å². The fourth-order valence-corrected chi connectivity index (χ4v) is 7.41. The first-order chi connectivity index (χ1) is 22.1. The molecule has 0 N–H and O–H groups in total. The SMILES string of the molecule is CCOc1cc(C(C)(C)C)ccc1C1=NC(c2ccc(Cl)cc2)C(c2ccc(Cl)cc2)N1C(=O)N1CCC(N2CCCCC2)CC1. The molecule has 3 aliphatic rings. The molecular weight excluding hydrogens is 615 g/mol. The third-order valence-electron chi connectivity index (χ3n) is 9.73. The molecule has 0 spiro atoms. The van der Waals surface area contributed by atoms with E-state index < -0.39 is 0 Å². The number of rotatable bonds is 6. The predicted octanol–water partition coefficient (Wildman–Crippen LogP) is 9.30. The zero-order chi connectivity index (χ0) is 32.4. The smallest absolute Gasteiger partial charge is 0.326 e. The highest BCUT2D eigenvalue weighted by Crippen LogP contribution is 2.46. The molecule has 8 heteroatoms. The summed E-state index contributed by atoms with van der Waals surface area (Å²) in [5.74, 6) is 1.37. The Kier molecular flexibility index (Phi) is 9.98. The number of nitrogens with zero attached hydrogens (tertiary/aromatic N) is 4. The van der Waals surface area contributed by atoms with Crippen molar-refractivity contribution in [1.29, 1.82) is 0 Å². The van der Waals surface area contributed by atoms with Crippen molar-refractivity contribution in [1.82, 2.24) is 14.7 Å². The number of aliphatic imine (C=N–C) groups is 1. The van der Waals surface area contributed by atoms with Crippen molar-refractivity contribution in [3.05, 3.63) is 99.0 Å². The van der Waals surface area contributed by atoms with Gasteiger partial charge in [0.2, 0.25) is 0 Å². The molecule has 2 unspecified atom stereocenters. The fourth-order valence-electron chi connectivity index (χ4n) is 7.16. The van der Waals surface area contributed by atoms with E-state index in [9.17, 15) is 4.79 Å². The second-order valence-electron chi connectivity index (χ2n) is 13.8. The fraction of sp³-hybridized carbons (Fsp3) is 0.474. The molecule has 0 radical (unpaired) electrons. The Hall–Kier alpha value is -3.06. The minimum Gasteiger partial charge on any atom is -0.493 e. The van der Waals surface area contributed by atoms with Crippen molar-refractivity contribution in [2.45, 2.75) is 83.3 Å². The van der Waals surface area contributed by atoms with Crippen LogP contribution in [0.3, 0.4) is 0 Å². The van der Waals surface area contributed by atoms with Crippen LogP contribution in [0.25, 0.3) is 0 Å². The molecule has 0 aliphatic carbocycles. The van der Waals surface area contributed by atoms with Crippen LogP contribution in [0.4, 0.5) is 4.79 Å². The minimum absolute atomic E-state index is 0.0189. The van der Waals surface area contributed by atoms with Gasteiger partial charge < -0.3 is 14.5 Å². The lowest BCUT2D eigenvalue weighted by atomic mass is 9.86. The van der Waals surface area contributed by atoms with E-state index >= 15 is 0 Å². The van der Waals surface area contributed by atoms with E-state index in [1.807, 2.05) is 65.3 Å². The lowest BCUT2D eigenvalue weighted by Gasteiger charge is -2.42. The Morgan fingerprint density at radius 1 is 0.848 bits per heavy atom. The molecule has 6 rings (SSSR count). The molecule has 3 aromatic rings. The van der Waals surface area contributed by atoms with E-state index in [-0.39, 0.29) is 23.5 Å². The van der Waals surface area contributed by atoms with Gasteiger partial charge in [0.15, 0.2) is 0 Å². The first kappa shape index (κ1) is 32.9. The molecule has 3 aliphatic heterocycles. The van der Waals surface area contributed by atoms with Gasteiger partial charge in [-0.2, -0.15) is 0 Å². The molecule has 2 fully saturated rings. The number of carbonyl (C=O) groups is 1. The summed E-state index contributed by atoms with van der Waals surface area (Å²) in [7, 11) is 0.